The molecule has 23 heavy (non-hydrogen) atoms. The number of aromatic nitrogens is 2. The third-order valence-corrected chi connectivity index (χ3v) is 4.34. The Labute approximate surface area is 133 Å². The van der Waals surface area contributed by atoms with Gasteiger partial charge in [-0.05, 0) is 38.3 Å². The Kier molecular flexibility index (Phi) is 3.75. The standard InChI is InChI=1S/C17H18FN3O2/c1-10-14(11(2)20(3)19-10)16(22)17(23)21-9-5-7-12-6-4-8-13(18)15(12)21/h4,6,8H,5,7,9H2,1-3H3. The fraction of sp³-hybridized carbons (Fsp3) is 0.353. The van der Waals surface area contributed by atoms with Crippen LogP contribution in [0.3, 0.4) is 0 Å². The molecule has 0 aliphatic carbocycles. The number of hydrogen-bond acceptors (Lipinski definition) is 3. The van der Waals surface area contributed by atoms with Crippen LogP contribution >= 0.6 is 0 Å². The van der Waals surface area contributed by atoms with Crippen molar-refractivity contribution in [1.82, 2.24) is 9.78 Å². The SMILES string of the molecule is Cc1nn(C)c(C)c1C(=O)C(=O)N1CCCc2cccc(F)c21. The number of anilines is 1. The van der Waals surface area contributed by atoms with Gasteiger partial charge in [-0.1, -0.05) is 12.1 Å². The summed E-state index contributed by atoms with van der Waals surface area (Å²) in [4.78, 5) is 26.6. The van der Waals surface area contributed by atoms with Gasteiger partial charge < -0.3 is 4.90 Å². The zero-order valence-corrected chi connectivity index (χ0v) is 13.4. The number of halogens is 1. The van der Waals surface area contributed by atoms with Crippen molar-refractivity contribution in [2.24, 2.45) is 7.05 Å². The monoisotopic (exact) mass is 315 g/mol. The molecule has 0 spiro atoms. The number of nitrogens with zero attached hydrogens (tertiary/aromatic N) is 3. The van der Waals surface area contributed by atoms with Crippen LogP contribution < -0.4 is 4.90 Å². The predicted molar refractivity (Wildman–Crippen MR) is 84.1 cm³/mol. The van der Waals surface area contributed by atoms with E-state index >= 15 is 0 Å². The molecule has 0 radical (unpaired) electrons. The van der Waals surface area contributed by atoms with Crippen LogP contribution in [0.5, 0.6) is 0 Å². The highest BCUT2D eigenvalue weighted by Gasteiger charge is 2.32. The second-order valence-electron chi connectivity index (χ2n) is 5.81. The zero-order chi connectivity index (χ0) is 16.7. The van der Waals surface area contributed by atoms with Crippen LogP contribution in [0.1, 0.15) is 33.7 Å². The number of benzene rings is 1. The van der Waals surface area contributed by atoms with Gasteiger partial charge in [0.1, 0.15) is 5.82 Å². The number of carbonyl (C=O) groups is 2. The average Bonchev–Trinajstić information content (AvgIpc) is 2.78. The van der Waals surface area contributed by atoms with E-state index in [2.05, 4.69) is 5.10 Å². The summed E-state index contributed by atoms with van der Waals surface area (Å²) in [5.41, 5.74) is 2.44. The minimum absolute atomic E-state index is 0.233. The first kappa shape index (κ1) is 15.4. The van der Waals surface area contributed by atoms with Gasteiger partial charge in [-0.25, -0.2) is 4.39 Å². The fourth-order valence-corrected chi connectivity index (χ4v) is 3.14. The molecule has 0 bridgehead atoms. The van der Waals surface area contributed by atoms with E-state index in [9.17, 15) is 14.0 Å². The molecule has 1 amide bonds. The Hall–Kier alpha value is -2.50. The van der Waals surface area contributed by atoms with Crippen molar-refractivity contribution in [3.63, 3.8) is 0 Å². The van der Waals surface area contributed by atoms with Crippen LogP contribution in [-0.2, 0) is 18.3 Å². The molecule has 3 rings (SSSR count). The second kappa shape index (κ2) is 5.61. The molecule has 2 heterocycles. The summed E-state index contributed by atoms with van der Waals surface area (Å²) in [5.74, 6) is -1.80. The molecule has 0 fully saturated rings. The first-order valence-corrected chi connectivity index (χ1v) is 7.55. The molecule has 2 aromatic rings. The maximum absolute atomic E-state index is 14.2. The third kappa shape index (κ3) is 2.44. The molecular formula is C17H18FN3O2. The largest absolute Gasteiger partial charge is 0.302 e. The number of carbonyl (C=O) groups excluding carboxylic acids is 2. The quantitative estimate of drug-likeness (QED) is 0.631. The Morgan fingerprint density at radius 3 is 2.65 bits per heavy atom. The van der Waals surface area contributed by atoms with Gasteiger partial charge in [0.25, 0.3) is 11.7 Å². The summed E-state index contributed by atoms with van der Waals surface area (Å²) in [5, 5.41) is 4.17. The summed E-state index contributed by atoms with van der Waals surface area (Å²) in [6, 6.07) is 4.73. The molecule has 1 aliphatic heterocycles. The van der Waals surface area contributed by atoms with E-state index in [0.717, 1.165) is 5.56 Å². The van der Waals surface area contributed by atoms with Crippen LogP contribution in [0.25, 0.3) is 0 Å². The number of amides is 1. The smallest absolute Gasteiger partial charge is 0.299 e. The highest BCUT2D eigenvalue weighted by atomic mass is 19.1. The molecule has 6 heteroatoms. The molecule has 0 unspecified atom stereocenters. The maximum atomic E-state index is 14.2. The average molecular weight is 315 g/mol. The van der Waals surface area contributed by atoms with E-state index in [1.54, 1.807) is 37.7 Å². The lowest BCUT2D eigenvalue weighted by Crippen LogP contribution is -2.41. The number of fused-ring (bicyclic) bond motifs is 1. The topological polar surface area (TPSA) is 55.2 Å². The van der Waals surface area contributed by atoms with Gasteiger partial charge in [-0.3, -0.25) is 14.3 Å². The van der Waals surface area contributed by atoms with E-state index in [4.69, 9.17) is 0 Å². The Balaban J connectivity index is 2.01. The van der Waals surface area contributed by atoms with Crippen LogP contribution in [-0.4, -0.2) is 28.0 Å². The van der Waals surface area contributed by atoms with Crippen molar-refractivity contribution in [2.45, 2.75) is 26.7 Å². The Morgan fingerprint density at radius 2 is 2.00 bits per heavy atom. The van der Waals surface area contributed by atoms with Crippen LogP contribution in [0, 0.1) is 19.7 Å². The number of rotatable bonds is 2. The molecule has 0 N–H and O–H groups in total. The summed E-state index contributed by atoms with van der Waals surface area (Å²) in [6.45, 7) is 3.78. The number of Topliss-reactive ketones (excluding diaryl/α,β-unsaturated/α-hetero) is 1. The van der Waals surface area contributed by atoms with Gasteiger partial charge in [0.05, 0.1) is 16.9 Å². The van der Waals surface area contributed by atoms with Gasteiger partial charge in [-0.15, -0.1) is 0 Å². The van der Waals surface area contributed by atoms with Gasteiger partial charge in [0, 0.05) is 19.3 Å². The number of aryl methyl sites for hydroxylation is 3. The summed E-state index contributed by atoms with van der Waals surface area (Å²) < 4.78 is 15.8. The molecule has 120 valence electrons. The van der Waals surface area contributed by atoms with Crippen molar-refractivity contribution in [1.29, 1.82) is 0 Å². The van der Waals surface area contributed by atoms with E-state index in [1.165, 1.54) is 11.0 Å². The van der Waals surface area contributed by atoms with Crippen LogP contribution in [0.15, 0.2) is 18.2 Å². The highest BCUT2D eigenvalue weighted by Crippen LogP contribution is 2.30. The lowest BCUT2D eigenvalue weighted by molar-refractivity contribution is -0.114. The Morgan fingerprint density at radius 1 is 1.26 bits per heavy atom. The molecule has 1 aliphatic rings. The van der Waals surface area contributed by atoms with Gasteiger partial charge in [0.2, 0.25) is 0 Å². The van der Waals surface area contributed by atoms with Crippen molar-refractivity contribution < 1.29 is 14.0 Å². The zero-order valence-electron chi connectivity index (χ0n) is 13.4. The van der Waals surface area contributed by atoms with Crippen molar-refractivity contribution in [3.05, 3.63) is 46.5 Å². The lowest BCUT2D eigenvalue weighted by atomic mass is 9.99. The van der Waals surface area contributed by atoms with E-state index in [0.29, 0.717) is 36.3 Å². The van der Waals surface area contributed by atoms with Crippen molar-refractivity contribution in [3.8, 4) is 0 Å². The van der Waals surface area contributed by atoms with E-state index in [-0.39, 0.29) is 5.69 Å². The van der Waals surface area contributed by atoms with Crippen LogP contribution in [0.4, 0.5) is 10.1 Å². The minimum atomic E-state index is -0.699. The second-order valence-corrected chi connectivity index (χ2v) is 5.81. The van der Waals surface area contributed by atoms with Gasteiger partial charge in [0.15, 0.2) is 0 Å². The van der Waals surface area contributed by atoms with Gasteiger partial charge >= 0.3 is 0 Å². The first-order chi connectivity index (χ1) is 10.9. The highest BCUT2D eigenvalue weighted by molar-refractivity contribution is 6.47. The third-order valence-electron chi connectivity index (χ3n) is 4.34. The molecule has 1 aromatic carbocycles. The molecule has 1 aromatic heterocycles. The minimum Gasteiger partial charge on any atom is -0.302 e. The number of para-hydroxylation sites is 1. The normalized spacial score (nSPS) is 13.8. The van der Waals surface area contributed by atoms with E-state index in [1.807, 2.05) is 0 Å². The van der Waals surface area contributed by atoms with E-state index < -0.39 is 17.5 Å². The first-order valence-electron chi connectivity index (χ1n) is 7.55. The predicted octanol–water partition coefficient (Wildman–Crippen LogP) is 2.34. The maximum Gasteiger partial charge on any atom is 0.299 e. The summed E-state index contributed by atoms with van der Waals surface area (Å²) >= 11 is 0. The number of ketones is 1. The molecule has 5 nitrogen and oxygen atoms in total. The van der Waals surface area contributed by atoms with Crippen molar-refractivity contribution >= 4 is 17.4 Å². The summed E-state index contributed by atoms with van der Waals surface area (Å²) in [7, 11) is 1.72. The summed E-state index contributed by atoms with van der Waals surface area (Å²) in [6.07, 6.45) is 1.41. The van der Waals surface area contributed by atoms with Crippen molar-refractivity contribution in [2.75, 3.05) is 11.4 Å². The Bertz CT molecular complexity index is 810. The number of hydrogen-bond donors (Lipinski definition) is 0. The molecule has 0 saturated carbocycles. The van der Waals surface area contributed by atoms with Gasteiger partial charge in [-0.2, -0.15) is 5.10 Å². The van der Waals surface area contributed by atoms with Crippen LogP contribution in [0.2, 0.25) is 0 Å². The molecule has 0 atom stereocenters. The fourth-order valence-electron chi connectivity index (χ4n) is 3.14. The molecule has 0 saturated heterocycles. The lowest BCUT2D eigenvalue weighted by Gasteiger charge is -2.29. The molecular weight excluding hydrogens is 297 g/mol.